The van der Waals surface area contributed by atoms with Crippen LogP contribution >= 0.6 is 11.8 Å². The van der Waals surface area contributed by atoms with Crippen molar-refractivity contribution < 1.29 is 8.42 Å². The molecule has 0 saturated heterocycles. The second-order valence-corrected chi connectivity index (χ2v) is 9.83. The molecular formula is C18H19N5O3S2. The standard InChI is InChI=1S/C18H19N5O3S2/c1-4-10-22-16(24)12-11-19-17(27-2)21-15(12)23(22)14-7-5-6-13(20-14)18(8-9-18)28(3,25)26/h4-7,11H,1,8-10H2,2-3H3. The van der Waals surface area contributed by atoms with E-state index in [4.69, 9.17) is 0 Å². The largest absolute Gasteiger partial charge is 0.278 e. The van der Waals surface area contributed by atoms with Gasteiger partial charge >= 0.3 is 0 Å². The number of thioether (sulfide) groups is 1. The third-order valence-electron chi connectivity index (χ3n) is 4.97. The van der Waals surface area contributed by atoms with Crippen molar-refractivity contribution in [1.29, 1.82) is 0 Å². The molecule has 3 heterocycles. The molecule has 0 aromatic carbocycles. The number of pyridine rings is 1. The normalized spacial score (nSPS) is 15.6. The molecule has 0 N–H and O–H groups in total. The Morgan fingerprint density at radius 3 is 2.68 bits per heavy atom. The van der Waals surface area contributed by atoms with Gasteiger partial charge in [-0.05, 0) is 31.2 Å². The number of hydrogen-bond acceptors (Lipinski definition) is 7. The van der Waals surface area contributed by atoms with E-state index in [2.05, 4.69) is 21.5 Å². The van der Waals surface area contributed by atoms with Crippen LogP contribution in [0.1, 0.15) is 18.5 Å². The van der Waals surface area contributed by atoms with E-state index in [0.29, 0.717) is 40.5 Å². The van der Waals surface area contributed by atoms with Crippen LogP contribution in [0.15, 0.2) is 47.0 Å². The van der Waals surface area contributed by atoms with E-state index in [1.807, 2.05) is 6.26 Å². The lowest BCUT2D eigenvalue weighted by atomic mass is 10.2. The average molecular weight is 418 g/mol. The molecule has 0 spiro atoms. The Labute approximate surface area is 166 Å². The number of nitrogens with zero attached hydrogens (tertiary/aromatic N) is 5. The van der Waals surface area contributed by atoms with Gasteiger partial charge in [-0.2, -0.15) is 0 Å². The highest BCUT2D eigenvalue weighted by atomic mass is 32.2. The van der Waals surface area contributed by atoms with Crippen LogP contribution in [-0.4, -0.2) is 45.2 Å². The molecule has 3 aromatic heterocycles. The summed E-state index contributed by atoms with van der Waals surface area (Å²) in [6.45, 7) is 3.98. The van der Waals surface area contributed by atoms with Gasteiger partial charge in [-0.3, -0.25) is 4.79 Å². The molecule has 0 amide bonds. The van der Waals surface area contributed by atoms with Crippen molar-refractivity contribution in [2.24, 2.45) is 0 Å². The fourth-order valence-corrected chi connectivity index (χ4v) is 5.03. The molecule has 8 nitrogen and oxygen atoms in total. The second-order valence-electron chi connectivity index (χ2n) is 6.73. The maximum atomic E-state index is 12.8. The molecule has 28 heavy (non-hydrogen) atoms. The molecule has 0 bridgehead atoms. The summed E-state index contributed by atoms with van der Waals surface area (Å²) < 4.78 is 26.7. The third-order valence-corrected chi connectivity index (χ3v) is 7.57. The zero-order valence-electron chi connectivity index (χ0n) is 15.5. The molecule has 0 radical (unpaired) electrons. The van der Waals surface area contributed by atoms with Gasteiger partial charge < -0.3 is 0 Å². The van der Waals surface area contributed by atoms with E-state index in [0.717, 1.165) is 0 Å². The van der Waals surface area contributed by atoms with Crippen LogP contribution in [0.4, 0.5) is 0 Å². The van der Waals surface area contributed by atoms with Crippen LogP contribution in [0.2, 0.25) is 0 Å². The summed E-state index contributed by atoms with van der Waals surface area (Å²) in [6.07, 6.45) is 7.31. The maximum absolute atomic E-state index is 12.8. The monoisotopic (exact) mass is 417 g/mol. The molecule has 3 aromatic rings. The number of hydrogen-bond donors (Lipinski definition) is 0. The Kier molecular flexibility index (Phi) is 4.42. The Morgan fingerprint density at radius 1 is 1.32 bits per heavy atom. The number of sulfone groups is 1. The summed E-state index contributed by atoms with van der Waals surface area (Å²) in [6, 6.07) is 5.22. The van der Waals surface area contributed by atoms with E-state index >= 15 is 0 Å². The number of allylic oxidation sites excluding steroid dienone is 1. The van der Waals surface area contributed by atoms with Crippen LogP contribution < -0.4 is 5.56 Å². The molecule has 1 aliphatic rings. The van der Waals surface area contributed by atoms with Crippen LogP contribution in [-0.2, 0) is 21.1 Å². The van der Waals surface area contributed by atoms with E-state index in [-0.39, 0.29) is 12.1 Å². The average Bonchev–Trinajstić information content (AvgIpc) is 3.45. The molecule has 0 aliphatic heterocycles. The van der Waals surface area contributed by atoms with Gasteiger partial charge in [-0.15, -0.1) is 6.58 Å². The SMILES string of the molecule is C=CCn1c(=O)c2cnc(SC)nc2n1-c1cccc(C2(S(C)(=O)=O)CC2)n1. The minimum absolute atomic E-state index is 0.251. The van der Waals surface area contributed by atoms with Gasteiger partial charge in [-0.1, -0.05) is 23.9 Å². The number of aromatic nitrogens is 5. The van der Waals surface area contributed by atoms with Crippen molar-refractivity contribution in [2.45, 2.75) is 29.3 Å². The lowest BCUT2D eigenvalue weighted by Gasteiger charge is -2.15. The molecule has 10 heteroatoms. The first-order chi connectivity index (χ1) is 13.3. The summed E-state index contributed by atoms with van der Waals surface area (Å²) >= 11 is 1.37. The van der Waals surface area contributed by atoms with Gasteiger partial charge in [0.1, 0.15) is 10.1 Å². The van der Waals surface area contributed by atoms with Crippen molar-refractivity contribution in [3.8, 4) is 5.82 Å². The van der Waals surface area contributed by atoms with E-state index in [1.165, 1.54) is 28.9 Å². The minimum atomic E-state index is -3.30. The molecule has 0 atom stereocenters. The van der Waals surface area contributed by atoms with Crippen LogP contribution in [0.3, 0.4) is 0 Å². The Hall–Kier alpha value is -2.46. The molecule has 1 saturated carbocycles. The van der Waals surface area contributed by atoms with E-state index in [1.54, 1.807) is 29.0 Å². The van der Waals surface area contributed by atoms with Gasteiger partial charge in [0.05, 0.1) is 12.2 Å². The summed E-state index contributed by atoms with van der Waals surface area (Å²) in [4.78, 5) is 26.2. The van der Waals surface area contributed by atoms with Gasteiger partial charge in [0.2, 0.25) is 0 Å². The summed E-state index contributed by atoms with van der Waals surface area (Å²) in [7, 11) is -3.30. The summed E-state index contributed by atoms with van der Waals surface area (Å²) in [5.41, 5.74) is 0.671. The number of fused-ring (bicyclic) bond motifs is 1. The Morgan fingerprint density at radius 2 is 2.07 bits per heavy atom. The Bertz CT molecular complexity index is 1260. The number of rotatable bonds is 6. The second kappa shape index (κ2) is 6.56. The van der Waals surface area contributed by atoms with Crippen LogP contribution in [0.25, 0.3) is 16.9 Å². The molecule has 1 aliphatic carbocycles. The molecule has 146 valence electrons. The molecule has 1 fully saturated rings. The molecule has 0 unspecified atom stereocenters. The predicted molar refractivity (Wildman–Crippen MR) is 109 cm³/mol. The fourth-order valence-electron chi connectivity index (χ4n) is 3.36. The summed E-state index contributed by atoms with van der Waals surface area (Å²) in [5, 5.41) is 0.902. The van der Waals surface area contributed by atoms with E-state index < -0.39 is 14.6 Å². The lowest BCUT2D eigenvalue weighted by molar-refractivity contribution is 0.580. The van der Waals surface area contributed by atoms with Gasteiger partial charge in [0, 0.05) is 12.5 Å². The first kappa shape index (κ1) is 18.9. The highest BCUT2D eigenvalue weighted by Crippen LogP contribution is 2.51. The van der Waals surface area contributed by atoms with Gasteiger partial charge in [-0.25, -0.2) is 32.7 Å². The third kappa shape index (κ3) is 2.78. The van der Waals surface area contributed by atoms with E-state index in [9.17, 15) is 13.2 Å². The van der Waals surface area contributed by atoms with Gasteiger partial charge in [0.25, 0.3) is 5.56 Å². The van der Waals surface area contributed by atoms with Crippen molar-refractivity contribution in [3.05, 3.63) is 53.1 Å². The smallest absolute Gasteiger partial charge is 0.267 e. The van der Waals surface area contributed by atoms with Crippen molar-refractivity contribution in [3.63, 3.8) is 0 Å². The zero-order valence-corrected chi connectivity index (χ0v) is 17.1. The molecular weight excluding hydrogens is 398 g/mol. The van der Waals surface area contributed by atoms with Gasteiger partial charge in [0.15, 0.2) is 26.5 Å². The maximum Gasteiger partial charge on any atom is 0.278 e. The highest BCUT2D eigenvalue weighted by Gasteiger charge is 2.54. The zero-order chi connectivity index (χ0) is 20.1. The Balaban J connectivity index is 1.99. The predicted octanol–water partition coefficient (Wildman–Crippen LogP) is 1.92. The van der Waals surface area contributed by atoms with Crippen LogP contribution in [0, 0.1) is 0 Å². The summed E-state index contributed by atoms with van der Waals surface area (Å²) in [5.74, 6) is 0.437. The first-order valence-electron chi connectivity index (χ1n) is 8.63. The van der Waals surface area contributed by atoms with Crippen molar-refractivity contribution in [2.75, 3.05) is 12.5 Å². The molecule has 4 rings (SSSR count). The first-order valence-corrected chi connectivity index (χ1v) is 11.7. The quantitative estimate of drug-likeness (QED) is 0.343. The highest BCUT2D eigenvalue weighted by molar-refractivity contribution is 7.98. The minimum Gasteiger partial charge on any atom is -0.267 e. The fraction of sp³-hybridized carbons (Fsp3) is 0.333. The van der Waals surface area contributed by atoms with Crippen molar-refractivity contribution >= 4 is 32.6 Å². The van der Waals surface area contributed by atoms with Crippen LogP contribution in [0.5, 0.6) is 0 Å². The van der Waals surface area contributed by atoms with Crippen molar-refractivity contribution in [1.82, 2.24) is 24.3 Å². The lowest BCUT2D eigenvalue weighted by Crippen LogP contribution is -2.24. The topological polar surface area (TPSA) is 99.7 Å².